The lowest BCUT2D eigenvalue weighted by molar-refractivity contribution is 0.0114. The molecule has 3 nitrogen and oxygen atoms in total. The molecule has 3 heterocycles. The number of nitrogens with two attached hydrogens (primary N) is 1. The summed E-state index contributed by atoms with van der Waals surface area (Å²) in [4.78, 5) is 2.59. The Balaban J connectivity index is 1.55. The van der Waals surface area contributed by atoms with Gasteiger partial charge in [-0.2, -0.15) is 0 Å². The van der Waals surface area contributed by atoms with Gasteiger partial charge < -0.3 is 16.0 Å². The van der Waals surface area contributed by atoms with Crippen LogP contribution in [0.25, 0.3) is 0 Å². The number of nitrogens with one attached hydrogen (secondary N) is 1. The summed E-state index contributed by atoms with van der Waals surface area (Å²) in [5.74, 6) is 0.810. The van der Waals surface area contributed by atoms with Crippen LogP contribution in [0.3, 0.4) is 0 Å². The minimum Gasteiger partial charge on any atom is -0.329 e. The molecule has 1 aliphatic carbocycles. The molecule has 1 atom stereocenters. The maximum absolute atomic E-state index is 6.12. The first-order chi connectivity index (χ1) is 8.82. The molecule has 2 bridgehead atoms. The fourth-order valence-corrected chi connectivity index (χ4v) is 4.11. The van der Waals surface area contributed by atoms with Gasteiger partial charge >= 0.3 is 0 Å². The van der Waals surface area contributed by atoms with Crippen LogP contribution < -0.4 is 11.1 Å². The minimum absolute atomic E-state index is 0.218. The molecule has 0 aromatic rings. The molecule has 3 saturated heterocycles. The molecule has 3 heteroatoms. The highest BCUT2D eigenvalue weighted by Gasteiger charge is 2.45. The number of allylic oxidation sites excluding steroid dienone is 1. The van der Waals surface area contributed by atoms with Crippen LogP contribution in [0, 0.1) is 5.92 Å². The second-order valence-corrected chi connectivity index (χ2v) is 6.34. The third-order valence-corrected chi connectivity index (χ3v) is 5.30. The van der Waals surface area contributed by atoms with Gasteiger partial charge in [0.15, 0.2) is 0 Å². The van der Waals surface area contributed by atoms with Crippen LogP contribution >= 0.6 is 0 Å². The van der Waals surface area contributed by atoms with Crippen molar-refractivity contribution >= 4 is 0 Å². The molecule has 102 valence electrons. The average molecular weight is 249 g/mol. The zero-order chi connectivity index (χ0) is 12.4. The van der Waals surface area contributed by atoms with Crippen molar-refractivity contribution in [1.82, 2.24) is 10.2 Å². The normalized spacial score (nSPS) is 39.1. The van der Waals surface area contributed by atoms with Crippen molar-refractivity contribution in [3.63, 3.8) is 0 Å². The van der Waals surface area contributed by atoms with E-state index in [0.717, 1.165) is 19.0 Å². The number of fused-ring (bicyclic) bond motifs is 3. The zero-order valence-electron chi connectivity index (χ0n) is 11.5. The van der Waals surface area contributed by atoms with Crippen LogP contribution in [0.4, 0.5) is 0 Å². The summed E-state index contributed by atoms with van der Waals surface area (Å²) in [6.07, 6.45) is 10.3. The summed E-state index contributed by atoms with van der Waals surface area (Å²) in [7, 11) is 0. The van der Waals surface area contributed by atoms with Gasteiger partial charge in [0.2, 0.25) is 0 Å². The van der Waals surface area contributed by atoms with Gasteiger partial charge in [-0.15, -0.1) is 0 Å². The molecule has 0 spiro atoms. The summed E-state index contributed by atoms with van der Waals surface area (Å²) in [5.41, 5.74) is 8.00. The Labute approximate surface area is 111 Å². The van der Waals surface area contributed by atoms with E-state index in [1.54, 1.807) is 5.57 Å². The van der Waals surface area contributed by atoms with Gasteiger partial charge in [0.1, 0.15) is 0 Å². The summed E-state index contributed by atoms with van der Waals surface area (Å²) >= 11 is 0. The van der Waals surface area contributed by atoms with Crippen LogP contribution in [0.2, 0.25) is 0 Å². The Bertz CT molecular complexity index is 318. The van der Waals surface area contributed by atoms with Crippen molar-refractivity contribution in [1.29, 1.82) is 0 Å². The van der Waals surface area contributed by atoms with Crippen molar-refractivity contribution in [2.75, 3.05) is 32.7 Å². The lowest BCUT2D eigenvalue weighted by Gasteiger charge is -2.53. The fraction of sp³-hybridized carbons (Fsp3) is 0.867. The Hall–Kier alpha value is -0.380. The van der Waals surface area contributed by atoms with Crippen molar-refractivity contribution in [2.45, 2.75) is 44.1 Å². The zero-order valence-corrected chi connectivity index (χ0v) is 11.5. The van der Waals surface area contributed by atoms with E-state index in [4.69, 9.17) is 5.73 Å². The molecule has 0 saturated carbocycles. The van der Waals surface area contributed by atoms with Crippen molar-refractivity contribution in [3.8, 4) is 0 Å². The Morgan fingerprint density at radius 3 is 2.78 bits per heavy atom. The SMILES string of the molecule is NCC1(NCCC2=CCCC2)CN2CCC1CC2. The first-order valence-electron chi connectivity index (χ1n) is 7.68. The molecule has 18 heavy (non-hydrogen) atoms. The number of hydrogen-bond donors (Lipinski definition) is 2. The molecule has 3 N–H and O–H groups in total. The van der Waals surface area contributed by atoms with Gasteiger partial charge in [0, 0.05) is 18.6 Å². The first kappa shape index (κ1) is 12.6. The largest absolute Gasteiger partial charge is 0.329 e. The van der Waals surface area contributed by atoms with E-state index in [2.05, 4.69) is 16.3 Å². The van der Waals surface area contributed by atoms with Crippen LogP contribution in [-0.2, 0) is 0 Å². The van der Waals surface area contributed by atoms with Gasteiger partial charge in [0.05, 0.1) is 0 Å². The van der Waals surface area contributed by atoms with E-state index < -0.39 is 0 Å². The van der Waals surface area contributed by atoms with Crippen LogP contribution in [0.15, 0.2) is 11.6 Å². The second-order valence-electron chi connectivity index (χ2n) is 6.34. The first-order valence-corrected chi connectivity index (χ1v) is 7.68. The molecule has 0 amide bonds. The monoisotopic (exact) mass is 249 g/mol. The standard InChI is InChI=1S/C15H27N3/c16-11-15(12-18-9-6-14(15)7-10-18)17-8-5-13-3-1-2-4-13/h3,14,17H,1-2,4-12,16H2. The van der Waals surface area contributed by atoms with E-state index in [1.165, 1.54) is 58.2 Å². The lowest BCUT2D eigenvalue weighted by Crippen LogP contribution is -2.69. The van der Waals surface area contributed by atoms with Gasteiger partial charge in [-0.3, -0.25) is 0 Å². The van der Waals surface area contributed by atoms with Gasteiger partial charge in [0.25, 0.3) is 0 Å². The predicted molar refractivity (Wildman–Crippen MR) is 75.5 cm³/mol. The van der Waals surface area contributed by atoms with E-state index >= 15 is 0 Å². The molecule has 3 fully saturated rings. The molecule has 4 rings (SSSR count). The molecule has 0 aromatic heterocycles. The number of piperidine rings is 3. The average Bonchev–Trinajstić information content (AvgIpc) is 2.93. The highest BCUT2D eigenvalue weighted by atomic mass is 15.2. The van der Waals surface area contributed by atoms with Crippen molar-refractivity contribution < 1.29 is 0 Å². The molecule has 4 aliphatic rings. The topological polar surface area (TPSA) is 41.3 Å². The third-order valence-electron chi connectivity index (χ3n) is 5.30. The van der Waals surface area contributed by atoms with Crippen LogP contribution in [0.5, 0.6) is 0 Å². The predicted octanol–water partition coefficient (Wildman–Crippen LogP) is 1.50. The Morgan fingerprint density at radius 2 is 2.22 bits per heavy atom. The summed E-state index contributed by atoms with van der Waals surface area (Å²) in [5, 5.41) is 3.84. The van der Waals surface area contributed by atoms with E-state index in [1.807, 2.05) is 0 Å². The van der Waals surface area contributed by atoms with Gasteiger partial charge in [-0.05, 0) is 64.1 Å². The van der Waals surface area contributed by atoms with Crippen molar-refractivity contribution in [2.24, 2.45) is 11.7 Å². The maximum Gasteiger partial charge on any atom is 0.0462 e. The smallest absolute Gasteiger partial charge is 0.0462 e. The summed E-state index contributed by atoms with van der Waals surface area (Å²) < 4.78 is 0. The number of hydrogen-bond acceptors (Lipinski definition) is 3. The minimum atomic E-state index is 0.218. The summed E-state index contributed by atoms with van der Waals surface area (Å²) in [6, 6.07) is 0. The van der Waals surface area contributed by atoms with Crippen LogP contribution in [-0.4, -0.2) is 43.2 Å². The Morgan fingerprint density at radius 1 is 1.39 bits per heavy atom. The molecular formula is C15H27N3. The fourth-order valence-electron chi connectivity index (χ4n) is 4.11. The quantitative estimate of drug-likeness (QED) is 0.726. The summed E-state index contributed by atoms with van der Waals surface area (Å²) in [6.45, 7) is 5.67. The van der Waals surface area contributed by atoms with E-state index in [9.17, 15) is 0 Å². The maximum atomic E-state index is 6.12. The third kappa shape index (κ3) is 2.36. The van der Waals surface area contributed by atoms with Gasteiger partial charge in [-0.1, -0.05) is 11.6 Å². The molecule has 1 unspecified atom stereocenters. The molecular weight excluding hydrogens is 222 g/mol. The van der Waals surface area contributed by atoms with E-state index in [-0.39, 0.29) is 5.54 Å². The molecule has 3 aliphatic heterocycles. The van der Waals surface area contributed by atoms with E-state index in [0.29, 0.717) is 0 Å². The highest BCUT2D eigenvalue weighted by Crippen LogP contribution is 2.35. The number of rotatable bonds is 5. The number of nitrogens with zero attached hydrogens (tertiary/aromatic N) is 1. The highest BCUT2D eigenvalue weighted by molar-refractivity contribution is 5.09. The molecule has 0 radical (unpaired) electrons. The second kappa shape index (κ2) is 5.32. The molecule has 0 aromatic carbocycles. The lowest BCUT2D eigenvalue weighted by atomic mass is 9.72. The van der Waals surface area contributed by atoms with Gasteiger partial charge in [-0.25, -0.2) is 0 Å². The Kier molecular flexibility index (Phi) is 3.73. The van der Waals surface area contributed by atoms with Crippen LogP contribution in [0.1, 0.15) is 38.5 Å². The van der Waals surface area contributed by atoms with Crippen molar-refractivity contribution in [3.05, 3.63) is 11.6 Å².